The fraction of sp³-hybridized carbons (Fsp3) is 0.571. The lowest BCUT2D eigenvalue weighted by atomic mass is 9.98. The largest absolute Gasteiger partial charge is 0.325 e. The summed E-state index contributed by atoms with van der Waals surface area (Å²) in [6.45, 7) is 1.25. The quantitative estimate of drug-likeness (QED) is 0.718. The molecule has 30 heavy (non-hydrogen) atoms. The molecule has 4 amide bonds. The lowest BCUT2D eigenvalue weighted by Crippen LogP contribution is -2.50. The van der Waals surface area contributed by atoms with E-state index in [1.165, 1.54) is 4.90 Å². The zero-order chi connectivity index (χ0) is 21.3. The van der Waals surface area contributed by atoms with E-state index in [1.54, 1.807) is 0 Å². The number of amides is 4. The maximum Gasteiger partial charge on any atom is 0.325 e. The number of piperidine rings is 1. The van der Waals surface area contributed by atoms with Crippen LogP contribution in [0.25, 0.3) is 0 Å². The number of imide groups is 1. The van der Waals surface area contributed by atoms with Gasteiger partial charge in [-0.05, 0) is 44.4 Å². The first-order valence-corrected chi connectivity index (χ1v) is 10.5. The summed E-state index contributed by atoms with van der Waals surface area (Å²) in [6.07, 6.45) is 5.57. The van der Waals surface area contributed by atoms with Gasteiger partial charge in [0, 0.05) is 24.8 Å². The van der Waals surface area contributed by atoms with Crippen LogP contribution in [0.15, 0.2) is 18.2 Å². The molecule has 0 radical (unpaired) electrons. The van der Waals surface area contributed by atoms with Gasteiger partial charge in [-0.1, -0.05) is 19.3 Å². The van der Waals surface area contributed by atoms with Gasteiger partial charge in [-0.2, -0.15) is 0 Å². The van der Waals surface area contributed by atoms with Crippen molar-refractivity contribution in [2.24, 2.45) is 0 Å². The second-order valence-corrected chi connectivity index (χ2v) is 8.37. The molecule has 3 fully saturated rings. The summed E-state index contributed by atoms with van der Waals surface area (Å²) < 4.78 is 26.8. The Labute approximate surface area is 173 Å². The Morgan fingerprint density at radius 3 is 2.47 bits per heavy atom. The van der Waals surface area contributed by atoms with Gasteiger partial charge in [-0.3, -0.25) is 19.4 Å². The van der Waals surface area contributed by atoms with Crippen molar-refractivity contribution in [2.45, 2.75) is 56.5 Å². The van der Waals surface area contributed by atoms with Gasteiger partial charge in [-0.25, -0.2) is 13.6 Å². The SMILES string of the molecule is O=C(Nc1cc(F)cc(F)c1)C1CCCCN1CCN1C(=O)NC2(CCCC2)C1=O. The van der Waals surface area contributed by atoms with Crippen molar-refractivity contribution >= 4 is 23.5 Å². The van der Waals surface area contributed by atoms with Crippen molar-refractivity contribution in [1.29, 1.82) is 0 Å². The van der Waals surface area contributed by atoms with Crippen molar-refractivity contribution in [3.05, 3.63) is 29.8 Å². The number of carbonyl (C=O) groups is 3. The Balaban J connectivity index is 1.39. The predicted molar refractivity (Wildman–Crippen MR) is 106 cm³/mol. The van der Waals surface area contributed by atoms with Gasteiger partial charge in [0.1, 0.15) is 17.2 Å². The highest BCUT2D eigenvalue weighted by Gasteiger charge is 2.52. The summed E-state index contributed by atoms with van der Waals surface area (Å²) in [4.78, 5) is 41.1. The predicted octanol–water partition coefficient (Wildman–Crippen LogP) is 2.62. The van der Waals surface area contributed by atoms with Gasteiger partial charge in [-0.15, -0.1) is 0 Å². The minimum atomic E-state index is -0.759. The van der Waals surface area contributed by atoms with Crippen LogP contribution in [0.4, 0.5) is 19.3 Å². The van der Waals surface area contributed by atoms with E-state index in [0.717, 1.165) is 43.9 Å². The summed E-state index contributed by atoms with van der Waals surface area (Å²) in [5.74, 6) is -2.03. The second-order valence-electron chi connectivity index (χ2n) is 8.37. The lowest BCUT2D eigenvalue weighted by Gasteiger charge is -2.35. The van der Waals surface area contributed by atoms with Crippen LogP contribution in [0.3, 0.4) is 0 Å². The van der Waals surface area contributed by atoms with Gasteiger partial charge in [0.2, 0.25) is 5.91 Å². The average molecular weight is 420 g/mol. The highest BCUT2D eigenvalue weighted by Crippen LogP contribution is 2.35. The van der Waals surface area contributed by atoms with E-state index < -0.39 is 23.2 Å². The molecular formula is C21H26F2N4O3. The fourth-order valence-electron chi connectivity index (χ4n) is 4.83. The highest BCUT2D eigenvalue weighted by molar-refractivity contribution is 6.07. The Hall–Kier alpha value is -2.55. The van der Waals surface area contributed by atoms with Crippen LogP contribution in [0, 0.1) is 11.6 Å². The van der Waals surface area contributed by atoms with Crippen LogP contribution < -0.4 is 10.6 Å². The van der Waals surface area contributed by atoms with E-state index in [-0.39, 0.29) is 30.1 Å². The number of carbonyl (C=O) groups excluding carboxylic acids is 3. The Kier molecular flexibility index (Phi) is 5.73. The molecule has 2 N–H and O–H groups in total. The van der Waals surface area contributed by atoms with E-state index >= 15 is 0 Å². The summed E-state index contributed by atoms with van der Waals surface area (Å²) in [5.41, 5.74) is -0.669. The molecule has 2 aliphatic heterocycles. The molecule has 0 bridgehead atoms. The molecule has 1 saturated carbocycles. The molecule has 1 aliphatic carbocycles. The molecular weight excluding hydrogens is 394 g/mol. The number of rotatable bonds is 5. The molecule has 1 spiro atoms. The average Bonchev–Trinajstić information content (AvgIpc) is 3.25. The lowest BCUT2D eigenvalue weighted by molar-refractivity contribution is -0.131. The Morgan fingerprint density at radius 2 is 1.77 bits per heavy atom. The molecule has 2 heterocycles. The smallest absolute Gasteiger partial charge is 0.325 e. The van der Waals surface area contributed by atoms with Crippen molar-refractivity contribution in [3.63, 3.8) is 0 Å². The molecule has 9 heteroatoms. The minimum absolute atomic E-state index is 0.0697. The first-order valence-electron chi connectivity index (χ1n) is 10.5. The molecule has 1 atom stereocenters. The van der Waals surface area contributed by atoms with Crippen molar-refractivity contribution in [3.8, 4) is 0 Å². The molecule has 162 valence electrons. The zero-order valence-corrected chi connectivity index (χ0v) is 16.8. The van der Waals surface area contributed by atoms with Gasteiger partial charge in [0.15, 0.2) is 0 Å². The standard InChI is InChI=1S/C21H26F2N4O3/c22-14-11-15(23)13-16(12-14)24-18(28)17-5-1-4-8-26(17)9-10-27-19(29)21(25-20(27)30)6-2-3-7-21/h11-13,17H,1-10H2,(H,24,28)(H,25,30). The number of hydrogen-bond acceptors (Lipinski definition) is 4. The number of benzene rings is 1. The van der Waals surface area contributed by atoms with Crippen LogP contribution >= 0.6 is 0 Å². The van der Waals surface area contributed by atoms with E-state index in [2.05, 4.69) is 10.6 Å². The monoisotopic (exact) mass is 420 g/mol. The molecule has 3 aliphatic rings. The topological polar surface area (TPSA) is 81.8 Å². The molecule has 1 unspecified atom stereocenters. The van der Waals surface area contributed by atoms with Crippen molar-refractivity contribution < 1.29 is 23.2 Å². The zero-order valence-electron chi connectivity index (χ0n) is 16.8. The number of nitrogens with zero attached hydrogens (tertiary/aromatic N) is 2. The summed E-state index contributed by atoms with van der Waals surface area (Å²) in [5, 5.41) is 5.45. The second kappa shape index (κ2) is 8.29. The van der Waals surface area contributed by atoms with Crippen molar-refractivity contribution in [1.82, 2.24) is 15.1 Å². The van der Waals surface area contributed by atoms with E-state index in [4.69, 9.17) is 0 Å². The first-order chi connectivity index (χ1) is 14.4. The summed E-state index contributed by atoms with van der Waals surface area (Å²) in [6, 6.07) is 2.05. The minimum Gasteiger partial charge on any atom is -0.325 e. The van der Waals surface area contributed by atoms with Crippen LogP contribution in [-0.2, 0) is 9.59 Å². The maximum atomic E-state index is 13.4. The van der Waals surface area contributed by atoms with E-state index in [9.17, 15) is 23.2 Å². The highest BCUT2D eigenvalue weighted by atomic mass is 19.1. The number of halogens is 2. The summed E-state index contributed by atoms with van der Waals surface area (Å²) in [7, 11) is 0. The molecule has 1 aromatic rings. The number of nitrogens with one attached hydrogen (secondary N) is 2. The van der Waals surface area contributed by atoms with Gasteiger partial charge in [0.05, 0.1) is 6.04 Å². The molecule has 1 aromatic carbocycles. The third-order valence-corrected chi connectivity index (χ3v) is 6.36. The molecule has 0 aromatic heterocycles. The third-order valence-electron chi connectivity index (χ3n) is 6.36. The van der Waals surface area contributed by atoms with Crippen LogP contribution in [0.5, 0.6) is 0 Å². The number of hydrogen-bond donors (Lipinski definition) is 2. The van der Waals surface area contributed by atoms with Crippen LogP contribution in [0.1, 0.15) is 44.9 Å². The van der Waals surface area contributed by atoms with E-state index in [0.29, 0.717) is 32.4 Å². The Morgan fingerprint density at radius 1 is 1.07 bits per heavy atom. The van der Waals surface area contributed by atoms with Crippen LogP contribution in [-0.4, -0.2) is 58.9 Å². The number of anilines is 1. The van der Waals surface area contributed by atoms with Gasteiger partial charge < -0.3 is 10.6 Å². The fourth-order valence-corrected chi connectivity index (χ4v) is 4.83. The summed E-state index contributed by atoms with van der Waals surface area (Å²) >= 11 is 0. The van der Waals surface area contributed by atoms with E-state index in [1.807, 2.05) is 4.90 Å². The Bertz CT molecular complexity index is 836. The number of likely N-dealkylation sites (tertiary alicyclic amines) is 1. The number of urea groups is 1. The van der Waals surface area contributed by atoms with Crippen molar-refractivity contribution in [2.75, 3.05) is 25.0 Å². The molecule has 2 saturated heterocycles. The van der Waals surface area contributed by atoms with Crippen LogP contribution in [0.2, 0.25) is 0 Å². The van der Waals surface area contributed by atoms with Gasteiger partial charge in [0.25, 0.3) is 5.91 Å². The molecule has 7 nitrogen and oxygen atoms in total. The molecule has 4 rings (SSSR count). The first kappa shape index (κ1) is 20.7. The maximum absolute atomic E-state index is 13.4. The third kappa shape index (κ3) is 4.03. The normalized spacial score (nSPS) is 23.8. The van der Waals surface area contributed by atoms with Gasteiger partial charge >= 0.3 is 6.03 Å².